The minimum absolute atomic E-state index is 0.0694. The largest absolute Gasteiger partial charge is 0.416 e. The third-order valence-electron chi connectivity index (χ3n) is 4.03. The van der Waals surface area contributed by atoms with Crippen molar-refractivity contribution in [2.75, 3.05) is 13.1 Å². The smallest absolute Gasteiger partial charge is 0.387 e. The predicted octanol–water partition coefficient (Wildman–Crippen LogP) is 1.87. The van der Waals surface area contributed by atoms with Gasteiger partial charge in [0.2, 0.25) is 11.8 Å². The van der Waals surface area contributed by atoms with Crippen LogP contribution in [0.1, 0.15) is 37.0 Å². The maximum Gasteiger partial charge on any atom is 0.416 e. The zero-order valence-electron chi connectivity index (χ0n) is 13.1. The average Bonchev–Trinajstić information content (AvgIpc) is 3.01. The molecule has 0 aliphatic carbocycles. The highest BCUT2D eigenvalue weighted by atomic mass is 19.4. The number of hydrogen-bond acceptors (Lipinski definition) is 3. The SMILES string of the molecule is CC(=O)N1CCC[C@@H]1C(=O)NC[C@@H](O)c1cccc(C(F)(F)F)c1. The summed E-state index contributed by atoms with van der Waals surface area (Å²) in [6.45, 7) is 1.66. The lowest BCUT2D eigenvalue weighted by Gasteiger charge is -2.23. The molecular weight excluding hydrogens is 325 g/mol. The number of aliphatic hydroxyl groups excluding tert-OH is 1. The van der Waals surface area contributed by atoms with Crippen LogP contribution in [-0.2, 0) is 15.8 Å². The summed E-state index contributed by atoms with van der Waals surface area (Å²) >= 11 is 0. The molecule has 2 rings (SSSR count). The molecule has 1 saturated heterocycles. The molecule has 1 heterocycles. The van der Waals surface area contributed by atoms with Gasteiger partial charge in [-0.3, -0.25) is 9.59 Å². The van der Waals surface area contributed by atoms with E-state index in [9.17, 15) is 27.9 Å². The highest BCUT2D eigenvalue weighted by Crippen LogP contribution is 2.30. The van der Waals surface area contributed by atoms with Crippen LogP contribution in [0, 0.1) is 0 Å². The number of likely N-dealkylation sites (tertiary alicyclic amines) is 1. The highest BCUT2D eigenvalue weighted by Gasteiger charge is 2.33. The van der Waals surface area contributed by atoms with Crippen molar-refractivity contribution >= 4 is 11.8 Å². The van der Waals surface area contributed by atoms with Gasteiger partial charge in [-0.2, -0.15) is 13.2 Å². The number of carbonyl (C=O) groups excluding carboxylic acids is 2. The number of nitrogens with zero attached hydrogens (tertiary/aromatic N) is 1. The Morgan fingerprint density at radius 2 is 2.12 bits per heavy atom. The Morgan fingerprint density at radius 3 is 2.75 bits per heavy atom. The van der Waals surface area contributed by atoms with Crippen LogP contribution in [0.2, 0.25) is 0 Å². The van der Waals surface area contributed by atoms with Gasteiger partial charge in [-0.1, -0.05) is 12.1 Å². The molecule has 8 heteroatoms. The Kier molecular flexibility index (Phi) is 5.48. The van der Waals surface area contributed by atoms with Gasteiger partial charge in [-0.15, -0.1) is 0 Å². The van der Waals surface area contributed by atoms with E-state index in [1.165, 1.54) is 24.0 Å². The van der Waals surface area contributed by atoms with E-state index in [0.29, 0.717) is 19.4 Å². The number of hydrogen-bond donors (Lipinski definition) is 2. The van der Waals surface area contributed by atoms with E-state index in [4.69, 9.17) is 0 Å². The van der Waals surface area contributed by atoms with Gasteiger partial charge < -0.3 is 15.3 Å². The summed E-state index contributed by atoms with van der Waals surface area (Å²) < 4.78 is 38.0. The van der Waals surface area contributed by atoms with E-state index in [0.717, 1.165) is 12.1 Å². The molecular formula is C16H19F3N2O3. The molecule has 1 aliphatic rings. The van der Waals surface area contributed by atoms with Crippen LogP contribution in [0.25, 0.3) is 0 Å². The van der Waals surface area contributed by atoms with Crippen LogP contribution in [0.5, 0.6) is 0 Å². The van der Waals surface area contributed by atoms with Gasteiger partial charge in [0.1, 0.15) is 6.04 Å². The topological polar surface area (TPSA) is 69.6 Å². The molecule has 132 valence electrons. The Morgan fingerprint density at radius 1 is 1.42 bits per heavy atom. The van der Waals surface area contributed by atoms with Crippen molar-refractivity contribution in [3.63, 3.8) is 0 Å². The van der Waals surface area contributed by atoms with Crippen molar-refractivity contribution in [3.8, 4) is 0 Å². The number of nitrogens with one attached hydrogen (secondary N) is 1. The summed E-state index contributed by atoms with van der Waals surface area (Å²) in [4.78, 5) is 25.0. The standard InChI is InChI=1S/C16H19F3N2O3/c1-10(22)21-7-3-6-13(21)15(24)20-9-14(23)11-4-2-5-12(8-11)16(17,18)19/h2,4-5,8,13-14,23H,3,6-7,9H2,1H3,(H,20,24)/t13-,14-/m1/s1. The first-order valence-electron chi connectivity index (χ1n) is 7.60. The summed E-state index contributed by atoms with van der Waals surface area (Å²) in [6.07, 6.45) is -4.51. The Hall–Kier alpha value is -2.09. The fourth-order valence-corrected chi connectivity index (χ4v) is 2.77. The number of benzene rings is 1. The third kappa shape index (κ3) is 4.25. The minimum Gasteiger partial charge on any atom is -0.387 e. The fraction of sp³-hybridized carbons (Fsp3) is 0.500. The van der Waals surface area contributed by atoms with E-state index >= 15 is 0 Å². The molecule has 5 nitrogen and oxygen atoms in total. The third-order valence-corrected chi connectivity index (χ3v) is 4.03. The number of aliphatic hydroxyl groups is 1. The molecule has 1 aliphatic heterocycles. The van der Waals surface area contributed by atoms with Gasteiger partial charge in [0.05, 0.1) is 11.7 Å². The molecule has 2 N–H and O–H groups in total. The van der Waals surface area contributed by atoms with E-state index in [-0.39, 0.29) is 18.0 Å². The molecule has 1 aromatic rings. The van der Waals surface area contributed by atoms with Crippen LogP contribution in [0.4, 0.5) is 13.2 Å². The molecule has 0 saturated carbocycles. The zero-order chi connectivity index (χ0) is 17.9. The Labute approximate surface area is 137 Å². The second-order valence-corrected chi connectivity index (χ2v) is 5.75. The second kappa shape index (κ2) is 7.21. The number of amides is 2. The summed E-state index contributed by atoms with van der Waals surface area (Å²) in [7, 11) is 0. The monoisotopic (exact) mass is 344 g/mol. The predicted molar refractivity (Wildman–Crippen MR) is 79.8 cm³/mol. The van der Waals surface area contributed by atoms with Crippen molar-refractivity contribution in [2.45, 2.75) is 38.1 Å². The van der Waals surface area contributed by atoms with Crippen LogP contribution in [0.3, 0.4) is 0 Å². The molecule has 2 atom stereocenters. The van der Waals surface area contributed by atoms with Gasteiger partial charge in [0, 0.05) is 20.0 Å². The lowest BCUT2D eigenvalue weighted by molar-refractivity contribution is -0.137. The number of rotatable bonds is 4. The van der Waals surface area contributed by atoms with Gasteiger partial charge in [0.25, 0.3) is 0 Å². The zero-order valence-corrected chi connectivity index (χ0v) is 13.1. The maximum atomic E-state index is 12.7. The molecule has 0 unspecified atom stereocenters. The Bertz CT molecular complexity index is 619. The van der Waals surface area contributed by atoms with Crippen molar-refractivity contribution in [1.29, 1.82) is 0 Å². The van der Waals surface area contributed by atoms with Crippen molar-refractivity contribution in [2.24, 2.45) is 0 Å². The molecule has 24 heavy (non-hydrogen) atoms. The second-order valence-electron chi connectivity index (χ2n) is 5.75. The summed E-state index contributed by atoms with van der Waals surface area (Å²) in [5.41, 5.74) is -0.788. The van der Waals surface area contributed by atoms with E-state index in [1.54, 1.807) is 0 Å². The molecule has 0 spiro atoms. The summed E-state index contributed by atoms with van der Waals surface area (Å²) in [5, 5.41) is 12.5. The first-order valence-corrected chi connectivity index (χ1v) is 7.60. The van der Waals surface area contributed by atoms with Crippen molar-refractivity contribution in [1.82, 2.24) is 10.2 Å². The molecule has 1 aromatic carbocycles. The Balaban J connectivity index is 1.97. The van der Waals surface area contributed by atoms with E-state index in [1.807, 2.05) is 0 Å². The van der Waals surface area contributed by atoms with Crippen LogP contribution in [-0.4, -0.2) is 41.0 Å². The van der Waals surface area contributed by atoms with Crippen molar-refractivity contribution in [3.05, 3.63) is 35.4 Å². The summed E-state index contributed by atoms with van der Waals surface area (Å²) in [5.74, 6) is -0.611. The quantitative estimate of drug-likeness (QED) is 0.876. The number of carbonyl (C=O) groups is 2. The lowest BCUT2D eigenvalue weighted by Crippen LogP contribution is -2.46. The van der Waals surface area contributed by atoms with Crippen LogP contribution < -0.4 is 5.32 Å². The molecule has 0 aromatic heterocycles. The van der Waals surface area contributed by atoms with E-state index < -0.39 is 29.8 Å². The fourth-order valence-electron chi connectivity index (χ4n) is 2.77. The lowest BCUT2D eigenvalue weighted by atomic mass is 10.1. The maximum absolute atomic E-state index is 12.7. The molecule has 1 fully saturated rings. The average molecular weight is 344 g/mol. The van der Waals surface area contributed by atoms with Crippen LogP contribution in [0.15, 0.2) is 24.3 Å². The highest BCUT2D eigenvalue weighted by molar-refractivity contribution is 5.87. The van der Waals surface area contributed by atoms with Gasteiger partial charge in [0.15, 0.2) is 0 Å². The van der Waals surface area contributed by atoms with Crippen LogP contribution >= 0.6 is 0 Å². The summed E-state index contributed by atoms with van der Waals surface area (Å²) in [6, 6.07) is 3.75. The minimum atomic E-state index is -4.50. The van der Waals surface area contributed by atoms with Gasteiger partial charge in [-0.25, -0.2) is 0 Å². The molecule has 0 radical (unpaired) electrons. The normalized spacial score (nSPS) is 19.2. The molecule has 2 amide bonds. The number of halogens is 3. The molecule has 0 bridgehead atoms. The van der Waals surface area contributed by atoms with Gasteiger partial charge in [-0.05, 0) is 30.5 Å². The van der Waals surface area contributed by atoms with E-state index in [2.05, 4.69) is 5.32 Å². The van der Waals surface area contributed by atoms with Crippen molar-refractivity contribution < 1.29 is 27.9 Å². The van der Waals surface area contributed by atoms with Gasteiger partial charge >= 0.3 is 6.18 Å². The first kappa shape index (κ1) is 18.3. The first-order chi connectivity index (χ1) is 11.2. The number of alkyl halides is 3.